The molecule has 26 heavy (non-hydrogen) atoms. The first-order valence-corrected chi connectivity index (χ1v) is 9.09. The second kappa shape index (κ2) is 7.90. The van der Waals surface area contributed by atoms with Crippen LogP contribution in [0.5, 0.6) is 5.88 Å². The summed E-state index contributed by atoms with van der Waals surface area (Å²) in [6.45, 7) is 3.95. The number of carbonyl (C=O) groups excluding carboxylic acids is 2. The molecule has 1 aromatic heterocycles. The Balaban J connectivity index is 1.49. The lowest BCUT2D eigenvalue weighted by Gasteiger charge is -2.41. The van der Waals surface area contributed by atoms with Gasteiger partial charge in [-0.2, -0.15) is 0 Å². The maximum Gasteiger partial charge on any atom is 0.321 e. The van der Waals surface area contributed by atoms with Crippen molar-refractivity contribution in [2.45, 2.75) is 38.3 Å². The van der Waals surface area contributed by atoms with E-state index in [0.29, 0.717) is 44.1 Å². The van der Waals surface area contributed by atoms with Gasteiger partial charge in [-0.1, -0.05) is 13.3 Å². The number of hydrogen-bond acceptors (Lipinski definition) is 5. The van der Waals surface area contributed by atoms with Crippen LogP contribution in [0.25, 0.3) is 0 Å². The number of nitrogens with zero attached hydrogens (tertiary/aromatic N) is 3. The van der Waals surface area contributed by atoms with Crippen LogP contribution in [0.4, 0.5) is 10.5 Å². The average molecular weight is 362 g/mol. The third-order valence-corrected chi connectivity index (χ3v) is 5.02. The summed E-state index contributed by atoms with van der Waals surface area (Å²) in [5.41, 5.74) is 0.0786. The molecule has 0 unspecified atom stereocenters. The number of aromatic nitrogens is 1. The minimum absolute atomic E-state index is 0.00442. The SMILES string of the molecule is CCCCOc1ccc(NC(=O)N2CCC3(CC2)OCC(=O)N3C)cn1. The van der Waals surface area contributed by atoms with Crippen molar-refractivity contribution >= 4 is 17.6 Å². The summed E-state index contributed by atoms with van der Waals surface area (Å²) in [5, 5.41) is 2.85. The lowest BCUT2D eigenvalue weighted by atomic mass is 9.99. The Kier molecular flexibility index (Phi) is 5.61. The number of carbonyl (C=O) groups is 2. The van der Waals surface area contributed by atoms with Crippen LogP contribution in [-0.2, 0) is 9.53 Å². The van der Waals surface area contributed by atoms with E-state index in [4.69, 9.17) is 9.47 Å². The monoisotopic (exact) mass is 362 g/mol. The van der Waals surface area contributed by atoms with Gasteiger partial charge in [0.2, 0.25) is 5.88 Å². The minimum Gasteiger partial charge on any atom is -0.478 e. The molecule has 3 amide bonds. The number of nitrogens with one attached hydrogen (secondary N) is 1. The Hall–Kier alpha value is -2.35. The number of unbranched alkanes of at least 4 members (excludes halogenated alkanes) is 1. The van der Waals surface area contributed by atoms with Crippen LogP contribution in [0.3, 0.4) is 0 Å². The molecular weight excluding hydrogens is 336 g/mol. The maximum absolute atomic E-state index is 12.4. The zero-order chi connectivity index (χ0) is 18.6. The molecule has 0 aliphatic carbocycles. The van der Waals surface area contributed by atoms with Gasteiger partial charge in [0.05, 0.1) is 18.5 Å². The highest BCUT2D eigenvalue weighted by Gasteiger charge is 2.47. The summed E-state index contributed by atoms with van der Waals surface area (Å²) in [7, 11) is 1.76. The first-order chi connectivity index (χ1) is 12.5. The van der Waals surface area contributed by atoms with Crippen molar-refractivity contribution in [1.82, 2.24) is 14.8 Å². The molecule has 1 N–H and O–H groups in total. The van der Waals surface area contributed by atoms with E-state index in [-0.39, 0.29) is 18.5 Å². The van der Waals surface area contributed by atoms with E-state index in [0.717, 1.165) is 12.8 Å². The Bertz CT molecular complexity index is 641. The van der Waals surface area contributed by atoms with E-state index < -0.39 is 5.72 Å². The van der Waals surface area contributed by atoms with Crippen molar-refractivity contribution in [3.05, 3.63) is 18.3 Å². The van der Waals surface area contributed by atoms with Gasteiger partial charge in [0, 0.05) is 39.0 Å². The molecular formula is C18H26N4O4. The Morgan fingerprint density at radius 2 is 2.15 bits per heavy atom. The van der Waals surface area contributed by atoms with Crippen molar-refractivity contribution in [3.8, 4) is 5.88 Å². The van der Waals surface area contributed by atoms with Crippen LogP contribution >= 0.6 is 0 Å². The van der Waals surface area contributed by atoms with Crippen molar-refractivity contribution in [2.24, 2.45) is 0 Å². The number of pyridine rings is 1. The molecule has 0 saturated carbocycles. The fourth-order valence-electron chi connectivity index (χ4n) is 3.22. The number of likely N-dealkylation sites (N-methyl/N-ethyl adjacent to an activating group) is 1. The summed E-state index contributed by atoms with van der Waals surface area (Å²) in [6, 6.07) is 3.36. The summed E-state index contributed by atoms with van der Waals surface area (Å²) >= 11 is 0. The van der Waals surface area contributed by atoms with Gasteiger partial charge in [0.1, 0.15) is 12.3 Å². The largest absolute Gasteiger partial charge is 0.478 e. The van der Waals surface area contributed by atoms with Gasteiger partial charge in [-0.3, -0.25) is 4.79 Å². The number of piperidine rings is 1. The number of hydrogen-bond donors (Lipinski definition) is 1. The Morgan fingerprint density at radius 1 is 1.38 bits per heavy atom. The smallest absolute Gasteiger partial charge is 0.321 e. The number of urea groups is 1. The number of likely N-dealkylation sites (tertiary alicyclic amines) is 1. The first-order valence-electron chi connectivity index (χ1n) is 9.09. The molecule has 1 aromatic rings. The highest BCUT2D eigenvalue weighted by Crippen LogP contribution is 2.33. The fourth-order valence-corrected chi connectivity index (χ4v) is 3.22. The standard InChI is InChI=1S/C18H26N4O4/c1-3-4-11-25-15-6-5-14(12-19-15)20-17(24)22-9-7-18(8-10-22)21(2)16(23)13-26-18/h5-6,12H,3-4,7-11,13H2,1-2H3,(H,20,24). The second-order valence-electron chi connectivity index (χ2n) is 6.69. The van der Waals surface area contributed by atoms with Crippen molar-refractivity contribution in [2.75, 3.05) is 38.7 Å². The van der Waals surface area contributed by atoms with Gasteiger partial charge in [-0.25, -0.2) is 9.78 Å². The molecule has 0 radical (unpaired) electrons. The highest BCUT2D eigenvalue weighted by atomic mass is 16.5. The van der Waals surface area contributed by atoms with Gasteiger partial charge in [-0.05, 0) is 12.5 Å². The summed E-state index contributed by atoms with van der Waals surface area (Å²) in [4.78, 5) is 31.8. The molecule has 2 aliphatic rings. The summed E-state index contributed by atoms with van der Waals surface area (Å²) in [5.74, 6) is 0.553. The lowest BCUT2D eigenvalue weighted by molar-refractivity contribution is -0.134. The topological polar surface area (TPSA) is 84.0 Å². The quantitative estimate of drug-likeness (QED) is 0.811. The average Bonchev–Trinajstić information content (AvgIpc) is 2.93. The predicted octanol–water partition coefficient (Wildman–Crippen LogP) is 2.07. The van der Waals surface area contributed by atoms with Crippen LogP contribution < -0.4 is 10.1 Å². The van der Waals surface area contributed by atoms with Crippen LogP contribution in [0.1, 0.15) is 32.6 Å². The molecule has 1 spiro atoms. The number of rotatable bonds is 5. The number of anilines is 1. The van der Waals surface area contributed by atoms with Gasteiger partial charge >= 0.3 is 6.03 Å². The second-order valence-corrected chi connectivity index (χ2v) is 6.69. The minimum atomic E-state index is -0.549. The van der Waals surface area contributed by atoms with Crippen molar-refractivity contribution in [3.63, 3.8) is 0 Å². The molecule has 3 heterocycles. The van der Waals surface area contributed by atoms with Gasteiger partial charge in [-0.15, -0.1) is 0 Å². The molecule has 2 fully saturated rings. The van der Waals surface area contributed by atoms with Crippen LogP contribution in [-0.4, -0.2) is 65.8 Å². The lowest BCUT2D eigenvalue weighted by Crippen LogP contribution is -2.54. The molecule has 0 aromatic carbocycles. The first kappa shape index (κ1) is 18.4. The van der Waals surface area contributed by atoms with E-state index in [2.05, 4.69) is 17.2 Å². The highest BCUT2D eigenvalue weighted by molar-refractivity contribution is 5.89. The van der Waals surface area contributed by atoms with Crippen LogP contribution in [0, 0.1) is 0 Å². The van der Waals surface area contributed by atoms with E-state index >= 15 is 0 Å². The Morgan fingerprint density at radius 3 is 2.73 bits per heavy atom. The van der Waals surface area contributed by atoms with Crippen molar-refractivity contribution < 1.29 is 19.1 Å². The predicted molar refractivity (Wildman–Crippen MR) is 95.9 cm³/mol. The molecule has 142 valence electrons. The maximum atomic E-state index is 12.4. The van der Waals surface area contributed by atoms with E-state index in [1.165, 1.54) is 0 Å². The molecule has 2 aliphatic heterocycles. The fraction of sp³-hybridized carbons (Fsp3) is 0.611. The van der Waals surface area contributed by atoms with E-state index in [9.17, 15) is 9.59 Å². The van der Waals surface area contributed by atoms with Crippen LogP contribution in [0.15, 0.2) is 18.3 Å². The molecule has 3 rings (SSSR count). The van der Waals surface area contributed by atoms with Gasteiger partial charge < -0.3 is 24.6 Å². The van der Waals surface area contributed by atoms with Crippen molar-refractivity contribution in [1.29, 1.82) is 0 Å². The zero-order valence-corrected chi connectivity index (χ0v) is 15.4. The van der Waals surface area contributed by atoms with Gasteiger partial charge in [0.25, 0.3) is 5.91 Å². The number of ether oxygens (including phenoxy) is 2. The van der Waals surface area contributed by atoms with Gasteiger partial charge in [0.15, 0.2) is 0 Å². The molecule has 0 bridgehead atoms. The third kappa shape index (κ3) is 3.90. The van der Waals surface area contributed by atoms with Crippen LogP contribution in [0.2, 0.25) is 0 Å². The van der Waals surface area contributed by atoms with E-state index in [1.807, 2.05) is 0 Å². The Labute approximate surface area is 153 Å². The van der Waals surface area contributed by atoms with E-state index in [1.54, 1.807) is 35.2 Å². The normalized spacial score (nSPS) is 19.1. The summed E-state index contributed by atoms with van der Waals surface area (Å²) < 4.78 is 11.2. The zero-order valence-electron chi connectivity index (χ0n) is 15.4. The molecule has 0 atom stereocenters. The summed E-state index contributed by atoms with van der Waals surface area (Å²) in [6.07, 6.45) is 4.88. The molecule has 2 saturated heterocycles. The third-order valence-electron chi connectivity index (χ3n) is 5.02. The molecule has 8 heteroatoms. The number of amides is 3. The molecule has 8 nitrogen and oxygen atoms in total.